The van der Waals surface area contributed by atoms with Gasteiger partial charge in [0.1, 0.15) is 5.83 Å². The molecule has 1 aromatic rings. The third-order valence-corrected chi connectivity index (χ3v) is 2.60. The van der Waals surface area contributed by atoms with Crippen LogP contribution in [0.15, 0.2) is 47.8 Å². The third kappa shape index (κ3) is 4.99. The van der Waals surface area contributed by atoms with Gasteiger partial charge in [0.15, 0.2) is 0 Å². The largest absolute Gasteiger partial charge is 0.207 e. The standard InChI is InChI=1S/C16H21F/c1-3-5-12-15(9-4-2)16(17)13-14-10-7-6-8-11-14/h6-8,10-13H,3-5,9H2,1-2H3/b15-12-,16-13-. The van der Waals surface area contributed by atoms with E-state index in [9.17, 15) is 4.39 Å². The third-order valence-electron chi connectivity index (χ3n) is 2.60. The summed E-state index contributed by atoms with van der Waals surface area (Å²) in [6, 6.07) is 9.63. The summed E-state index contributed by atoms with van der Waals surface area (Å²) in [6.07, 6.45) is 7.45. The summed E-state index contributed by atoms with van der Waals surface area (Å²) in [4.78, 5) is 0. The molecule has 0 unspecified atom stereocenters. The number of allylic oxidation sites excluding steroid dienone is 3. The number of rotatable bonds is 6. The lowest BCUT2D eigenvalue weighted by atomic mass is 10.1. The first-order chi connectivity index (χ1) is 8.27. The van der Waals surface area contributed by atoms with Crippen LogP contribution in [0.2, 0.25) is 0 Å². The minimum atomic E-state index is -0.0912. The summed E-state index contributed by atoms with van der Waals surface area (Å²) < 4.78 is 14.1. The fourth-order valence-electron chi connectivity index (χ4n) is 1.70. The van der Waals surface area contributed by atoms with Crippen LogP contribution in [0.3, 0.4) is 0 Å². The first kappa shape index (κ1) is 13.7. The number of halogens is 1. The Morgan fingerprint density at radius 1 is 1.12 bits per heavy atom. The van der Waals surface area contributed by atoms with E-state index in [0.29, 0.717) is 0 Å². The fraction of sp³-hybridized carbons (Fsp3) is 0.375. The Labute approximate surface area is 104 Å². The van der Waals surface area contributed by atoms with Crippen molar-refractivity contribution in [3.05, 3.63) is 53.4 Å². The second kappa shape index (κ2) is 7.83. The van der Waals surface area contributed by atoms with Crippen molar-refractivity contribution < 1.29 is 4.39 Å². The maximum atomic E-state index is 14.1. The smallest absolute Gasteiger partial charge is 0.126 e. The zero-order valence-electron chi connectivity index (χ0n) is 10.7. The van der Waals surface area contributed by atoms with Crippen molar-refractivity contribution in [1.82, 2.24) is 0 Å². The summed E-state index contributed by atoms with van der Waals surface area (Å²) in [7, 11) is 0. The van der Waals surface area contributed by atoms with E-state index in [0.717, 1.165) is 36.8 Å². The van der Waals surface area contributed by atoms with Crippen LogP contribution in [-0.4, -0.2) is 0 Å². The highest BCUT2D eigenvalue weighted by Crippen LogP contribution is 2.21. The normalized spacial score (nSPS) is 12.9. The summed E-state index contributed by atoms with van der Waals surface area (Å²) in [5, 5.41) is 0. The Kier molecular flexibility index (Phi) is 6.31. The van der Waals surface area contributed by atoms with Crippen LogP contribution in [0, 0.1) is 0 Å². The maximum Gasteiger partial charge on any atom is 0.126 e. The van der Waals surface area contributed by atoms with Crippen molar-refractivity contribution in [2.75, 3.05) is 0 Å². The van der Waals surface area contributed by atoms with Gasteiger partial charge in [-0.3, -0.25) is 0 Å². The second-order valence-electron chi connectivity index (χ2n) is 4.17. The minimum absolute atomic E-state index is 0.0912. The maximum absolute atomic E-state index is 14.1. The van der Waals surface area contributed by atoms with Crippen LogP contribution in [0.4, 0.5) is 4.39 Å². The van der Waals surface area contributed by atoms with Crippen LogP contribution in [0.5, 0.6) is 0 Å². The first-order valence-electron chi connectivity index (χ1n) is 6.39. The van der Waals surface area contributed by atoms with Crippen LogP contribution < -0.4 is 0 Å². The van der Waals surface area contributed by atoms with Gasteiger partial charge < -0.3 is 0 Å². The number of hydrogen-bond donors (Lipinski definition) is 0. The number of unbranched alkanes of at least 4 members (excludes halogenated alkanes) is 1. The average molecular weight is 232 g/mol. The molecule has 1 rings (SSSR count). The average Bonchev–Trinajstić information content (AvgIpc) is 2.35. The molecule has 1 aromatic carbocycles. The molecule has 0 heterocycles. The molecule has 0 aromatic heterocycles. The van der Waals surface area contributed by atoms with E-state index in [-0.39, 0.29) is 5.83 Å². The number of benzene rings is 1. The predicted molar refractivity (Wildman–Crippen MR) is 73.4 cm³/mol. The topological polar surface area (TPSA) is 0 Å². The monoisotopic (exact) mass is 232 g/mol. The molecule has 0 fully saturated rings. The molecule has 0 N–H and O–H groups in total. The highest BCUT2D eigenvalue weighted by atomic mass is 19.1. The Hall–Kier alpha value is -1.37. The van der Waals surface area contributed by atoms with E-state index in [1.165, 1.54) is 0 Å². The van der Waals surface area contributed by atoms with Gasteiger partial charge >= 0.3 is 0 Å². The molecule has 0 aliphatic heterocycles. The van der Waals surface area contributed by atoms with E-state index >= 15 is 0 Å². The molecule has 1 heteroatoms. The van der Waals surface area contributed by atoms with Crippen LogP contribution >= 0.6 is 0 Å². The van der Waals surface area contributed by atoms with Gasteiger partial charge in [-0.15, -0.1) is 0 Å². The summed E-state index contributed by atoms with van der Waals surface area (Å²) in [5.74, 6) is -0.0912. The van der Waals surface area contributed by atoms with Gasteiger partial charge in [-0.1, -0.05) is 63.1 Å². The van der Waals surface area contributed by atoms with Crippen molar-refractivity contribution >= 4 is 6.08 Å². The zero-order valence-corrected chi connectivity index (χ0v) is 10.7. The number of hydrogen-bond acceptors (Lipinski definition) is 0. The van der Waals surface area contributed by atoms with Crippen LogP contribution in [0.1, 0.15) is 45.1 Å². The van der Waals surface area contributed by atoms with Crippen LogP contribution in [0.25, 0.3) is 6.08 Å². The van der Waals surface area contributed by atoms with Gasteiger partial charge in [-0.2, -0.15) is 0 Å². The van der Waals surface area contributed by atoms with E-state index in [2.05, 4.69) is 13.8 Å². The molecule has 0 saturated carbocycles. The van der Waals surface area contributed by atoms with Crippen molar-refractivity contribution in [3.8, 4) is 0 Å². The van der Waals surface area contributed by atoms with Gasteiger partial charge in [-0.25, -0.2) is 4.39 Å². The summed E-state index contributed by atoms with van der Waals surface area (Å²) in [6.45, 7) is 4.19. The predicted octanol–water partition coefficient (Wildman–Crippen LogP) is 5.52. The van der Waals surface area contributed by atoms with Gasteiger partial charge in [0.25, 0.3) is 0 Å². The highest BCUT2D eigenvalue weighted by molar-refractivity contribution is 5.55. The second-order valence-corrected chi connectivity index (χ2v) is 4.17. The van der Waals surface area contributed by atoms with Gasteiger partial charge in [0.2, 0.25) is 0 Å². The fourth-order valence-corrected chi connectivity index (χ4v) is 1.70. The lowest BCUT2D eigenvalue weighted by Crippen LogP contribution is -1.85. The lowest BCUT2D eigenvalue weighted by Gasteiger charge is -2.04. The molecule has 0 nitrogen and oxygen atoms in total. The van der Waals surface area contributed by atoms with E-state index in [1.54, 1.807) is 6.08 Å². The molecule has 0 bridgehead atoms. The van der Waals surface area contributed by atoms with Crippen molar-refractivity contribution in [1.29, 1.82) is 0 Å². The summed E-state index contributed by atoms with van der Waals surface area (Å²) >= 11 is 0. The van der Waals surface area contributed by atoms with Crippen molar-refractivity contribution in [3.63, 3.8) is 0 Å². The van der Waals surface area contributed by atoms with Gasteiger partial charge in [0, 0.05) is 0 Å². The quantitative estimate of drug-likeness (QED) is 0.566. The van der Waals surface area contributed by atoms with Crippen molar-refractivity contribution in [2.45, 2.75) is 39.5 Å². The molecule has 0 amide bonds. The molecular weight excluding hydrogens is 211 g/mol. The van der Waals surface area contributed by atoms with E-state index in [4.69, 9.17) is 0 Å². The molecule has 92 valence electrons. The molecule has 0 atom stereocenters. The van der Waals surface area contributed by atoms with E-state index < -0.39 is 0 Å². The SMILES string of the molecule is CCC/C=C(CCC)\C(F)=C\c1ccccc1. The molecule has 0 aliphatic rings. The summed E-state index contributed by atoms with van der Waals surface area (Å²) in [5.41, 5.74) is 1.77. The molecule has 0 saturated heterocycles. The Balaban J connectivity index is 2.84. The minimum Gasteiger partial charge on any atom is -0.207 e. The lowest BCUT2D eigenvalue weighted by molar-refractivity contribution is 0.640. The van der Waals surface area contributed by atoms with E-state index in [1.807, 2.05) is 36.4 Å². The Morgan fingerprint density at radius 2 is 1.82 bits per heavy atom. The van der Waals surface area contributed by atoms with Crippen LogP contribution in [-0.2, 0) is 0 Å². The molecule has 17 heavy (non-hydrogen) atoms. The molecule has 0 aliphatic carbocycles. The Bertz CT molecular complexity index is 374. The van der Waals surface area contributed by atoms with Gasteiger partial charge in [0.05, 0.1) is 0 Å². The van der Waals surface area contributed by atoms with Gasteiger partial charge in [-0.05, 0) is 30.1 Å². The molecule has 0 spiro atoms. The Morgan fingerprint density at radius 3 is 2.41 bits per heavy atom. The first-order valence-corrected chi connectivity index (χ1v) is 6.39. The highest BCUT2D eigenvalue weighted by Gasteiger charge is 2.03. The molecule has 0 radical (unpaired) electrons. The zero-order chi connectivity index (χ0) is 12.5. The van der Waals surface area contributed by atoms with Crippen molar-refractivity contribution in [2.24, 2.45) is 0 Å². The molecular formula is C16H21F.